The van der Waals surface area contributed by atoms with Crippen molar-refractivity contribution >= 4 is 11.3 Å². The van der Waals surface area contributed by atoms with Gasteiger partial charge in [0.05, 0.1) is 24.4 Å². The molecule has 0 bridgehead atoms. The van der Waals surface area contributed by atoms with Crippen LogP contribution in [0.1, 0.15) is 21.7 Å². The van der Waals surface area contributed by atoms with Crippen LogP contribution in [0.15, 0.2) is 48.8 Å². The molecule has 0 amide bonds. The molecule has 0 saturated carbocycles. The van der Waals surface area contributed by atoms with Crippen LogP contribution >= 0.6 is 11.3 Å². The van der Waals surface area contributed by atoms with Gasteiger partial charge in [-0.2, -0.15) is 0 Å². The molecule has 5 nitrogen and oxygen atoms in total. The third-order valence-corrected chi connectivity index (χ3v) is 5.62. The molecular formula is C21H23N3O2S. The topological polar surface area (TPSA) is 47.5 Å². The molecule has 3 aromatic rings. The average Bonchev–Trinajstić information content (AvgIpc) is 3.13. The molecule has 1 unspecified atom stereocenters. The smallest absolute Gasteiger partial charge is 0.119 e. The molecule has 3 heterocycles. The maximum atomic E-state index is 5.98. The molecule has 0 radical (unpaired) electrons. The summed E-state index contributed by atoms with van der Waals surface area (Å²) < 4.78 is 11.3. The van der Waals surface area contributed by atoms with E-state index in [0.717, 1.165) is 53.8 Å². The van der Waals surface area contributed by atoms with Crippen LogP contribution in [0.25, 0.3) is 11.1 Å². The van der Waals surface area contributed by atoms with E-state index in [0.29, 0.717) is 0 Å². The van der Waals surface area contributed by atoms with Gasteiger partial charge in [-0.1, -0.05) is 18.2 Å². The van der Waals surface area contributed by atoms with E-state index in [4.69, 9.17) is 9.47 Å². The van der Waals surface area contributed by atoms with Crippen LogP contribution < -0.4 is 4.74 Å². The van der Waals surface area contributed by atoms with Crippen molar-refractivity contribution in [1.29, 1.82) is 0 Å². The summed E-state index contributed by atoms with van der Waals surface area (Å²) >= 11 is 1.76. The number of morpholine rings is 1. The fraction of sp³-hybridized carbons (Fsp3) is 0.333. The highest BCUT2D eigenvalue weighted by Gasteiger charge is 2.23. The molecule has 2 aromatic heterocycles. The van der Waals surface area contributed by atoms with Gasteiger partial charge in [0.25, 0.3) is 0 Å². The second-order valence-corrected chi connectivity index (χ2v) is 7.96. The summed E-state index contributed by atoms with van der Waals surface area (Å²) in [5.74, 6) is 0.848. The van der Waals surface area contributed by atoms with Crippen LogP contribution in [-0.4, -0.2) is 41.7 Å². The van der Waals surface area contributed by atoms with E-state index in [1.165, 1.54) is 4.88 Å². The lowest BCUT2D eigenvalue weighted by molar-refractivity contribution is -0.0346. The zero-order valence-corrected chi connectivity index (χ0v) is 16.4. The highest BCUT2D eigenvalue weighted by molar-refractivity contribution is 7.11. The molecule has 0 spiro atoms. The first-order valence-corrected chi connectivity index (χ1v) is 9.88. The van der Waals surface area contributed by atoms with Gasteiger partial charge in [-0.3, -0.25) is 9.88 Å². The molecule has 27 heavy (non-hydrogen) atoms. The van der Waals surface area contributed by atoms with Gasteiger partial charge in [-0.25, -0.2) is 4.98 Å². The normalized spacial score (nSPS) is 17.8. The summed E-state index contributed by atoms with van der Waals surface area (Å²) in [6.45, 7) is 5.48. The maximum absolute atomic E-state index is 5.98. The minimum absolute atomic E-state index is 0.00660. The van der Waals surface area contributed by atoms with Crippen molar-refractivity contribution in [3.63, 3.8) is 0 Å². The fourth-order valence-electron chi connectivity index (χ4n) is 3.29. The Labute approximate surface area is 163 Å². The van der Waals surface area contributed by atoms with Crippen LogP contribution in [0.4, 0.5) is 0 Å². The molecule has 6 heteroatoms. The molecule has 1 atom stereocenters. The van der Waals surface area contributed by atoms with E-state index in [-0.39, 0.29) is 6.10 Å². The minimum atomic E-state index is 0.00660. The van der Waals surface area contributed by atoms with E-state index in [1.807, 2.05) is 37.5 Å². The van der Waals surface area contributed by atoms with Gasteiger partial charge in [0, 0.05) is 42.5 Å². The van der Waals surface area contributed by atoms with E-state index in [9.17, 15) is 0 Å². The van der Waals surface area contributed by atoms with E-state index in [2.05, 4.69) is 33.1 Å². The first-order valence-electron chi connectivity index (χ1n) is 9.07. The summed E-state index contributed by atoms with van der Waals surface area (Å²) in [5.41, 5.74) is 3.15. The number of hydrogen-bond acceptors (Lipinski definition) is 6. The number of hydrogen-bond donors (Lipinski definition) is 0. The number of methoxy groups -OCH3 is 1. The molecule has 0 N–H and O–H groups in total. The second kappa shape index (κ2) is 8.17. The van der Waals surface area contributed by atoms with Crippen molar-refractivity contribution < 1.29 is 9.47 Å². The van der Waals surface area contributed by atoms with Crippen molar-refractivity contribution in [2.75, 3.05) is 26.8 Å². The van der Waals surface area contributed by atoms with Crippen molar-refractivity contribution in [2.45, 2.75) is 19.6 Å². The molecule has 1 aliphatic rings. The molecule has 1 saturated heterocycles. The Morgan fingerprint density at radius 2 is 2.11 bits per heavy atom. The SMILES string of the molecule is COc1cccc(-c2ccc(C3CN(Cc4cnc(C)s4)CCO3)nc2)c1. The van der Waals surface area contributed by atoms with Crippen molar-refractivity contribution in [3.8, 4) is 16.9 Å². The summed E-state index contributed by atoms with van der Waals surface area (Å²) in [7, 11) is 1.68. The first kappa shape index (κ1) is 18.1. The van der Waals surface area contributed by atoms with Crippen molar-refractivity contribution in [2.24, 2.45) is 0 Å². The van der Waals surface area contributed by atoms with Crippen LogP contribution in [-0.2, 0) is 11.3 Å². The largest absolute Gasteiger partial charge is 0.497 e. The quantitative estimate of drug-likeness (QED) is 0.666. The van der Waals surface area contributed by atoms with Crippen LogP contribution in [0.2, 0.25) is 0 Å². The molecule has 1 aliphatic heterocycles. The van der Waals surface area contributed by atoms with Gasteiger partial charge < -0.3 is 9.47 Å². The Morgan fingerprint density at radius 1 is 1.19 bits per heavy atom. The lowest BCUT2D eigenvalue weighted by Crippen LogP contribution is -2.37. The maximum Gasteiger partial charge on any atom is 0.119 e. The zero-order chi connectivity index (χ0) is 18.6. The monoisotopic (exact) mass is 381 g/mol. The predicted octanol–water partition coefficient (Wildman–Crippen LogP) is 4.10. The van der Waals surface area contributed by atoms with Gasteiger partial charge >= 0.3 is 0 Å². The molecule has 140 valence electrons. The number of aryl methyl sites for hydroxylation is 1. The highest BCUT2D eigenvalue weighted by Crippen LogP contribution is 2.27. The number of ether oxygens (including phenoxy) is 2. The molecule has 0 aliphatic carbocycles. The Bertz CT molecular complexity index is 894. The molecular weight excluding hydrogens is 358 g/mol. The van der Waals surface area contributed by atoms with Crippen molar-refractivity contribution in [1.82, 2.24) is 14.9 Å². The van der Waals surface area contributed by atoms with Gasteiger partial charge in [0.2, 0.25) is 0 Å². The van der Waals surface area contributed by atoms with E-state index < -0.39 is 0 Å². The van der Waals surface area contributed by atoms with Crippen LogP contribution in [0.3, 0.4) is 0 Å². The predicted molar refractivity (Wildman–Crippen MR) is 107 cm³/mol. The highest BCUT2D eigenvalue weighted by atomic mass is 32.1. The first-order chi connectivity index (χ1) is 13.2. The average molecular weight is 382 g/mol. The lowest BCUT2D eigenvalue weighted by atomic mass is 10.1. The summed E-state index contributed by atoms with van der Waals surface area (Å²) in [5, 5.41) is 1.12. The number of nitrogens with zero attached hydrogens (tertiary/aromatic N) is 3. The summed E-state index contributed by atoms with van der Waals surface area (Å²) in [6, 6.07) is 12.2. The number of aromatic nitrogens is 2. The van der Waals surface area contributed by atoms with Gasteiger partial charge in [0.1, 0.15) is 11.9 Å². The molecule has 1 aromatic carbocycles. The van der Waals surface area contributed by atoms with Gasteiger partial charge in [-0.05, 0) is 30.7 Å². The second-order valence-electron chi connectivity index (χ2n) is 6.64. The van der Waals surface area contributed by atoms with E-state index >= 15 is 0 Å². The third-order valence-electron chi connectivity index (χ3n) is 4.72. The van der Waals surface area contributed by atoms with Gasteiger partial charge in [-0.15, -0.1) is 11.3 Å². The fourth-order valence-corrected chi connectivity index (χ4v) is 4.13. The van der Waals surface area contributed by atoms with Crippen LogP contribution in [0.5, 0.6) is 5.75 Å². The zero-order valence-electron chi connectivity index (χ0n) is 15.6. The molecule has 1 fully saturated rings. The Hall–Kier alpha value is -2.28. The lowest BCUT2D eigenvalue weighted by Gasteiger charge is -2.32. The summed E-state index contributed by atoms with van der Waals surface area (Å²) in [6.07, 6.45) is 3.90. The van der Waals surface area contributed by atoms with E-state index in [1.54, 1.807) is 18.4 Å². The third kappa shape index (κ3) is 4.35. The summed E-state index contributed by atoms with van der Waals surface area (Å²) in [4.78, 5) is 12.7. The number of rotatable bonds is 5. The Morgan fingerprint density at radius 3 is 2.85 bits per heavy atom. The number of benzene rings is 1. The Balaban J connectivity index is 1.44. The standard InChI is InChI=1S/C21H23N3O2S/c1-15-22-12-19(27-15)13-24-8-9-26-21(14-24)20-7-6-17(11-23-20)16-4-3-5-18(10-16)25-2/h3-7,10-12,21H,8-9,13-14H2,1-2H3. The number of thiazole rings is 1. The Kier molecular flexibility index (Phi) is 5.48. The van der Waals surface area contributed by atoms with Crippen LogP contribution in [0, 0.1) is 6.92 Å². The van der Waals surface area contributed by atoms with Gasteiger partial charge in [0.15, 0.2) is 0 Å². The minimum Gasteiger partial charge on any atom is -0.497 e. The van der Waals surface area contributed by atoms with Crippen molar-refractivity contribution in [3.05, 3.63) is 64.4 Å². The number of pyridine rings is 1. The molecule has 4 rings (SSSR count).